The van der Waals surface area contributed by atoms with E-state index in [1.54, 1.807) is 24.3 Å². The van der Waals surface area contributed by atoms with E-state index in [0.29, 0.717) is 16.4 Å². The number of hydrogen-bond acceptors (Lipinski definition) is 6. The van der Waals surface area contributed by atoms with Crippen molar-refractivity contribution >= 4 is 40.3 Å². The van der Waals surface area contributed by atoms with Crippen LogP contribution in [0, 0.1) is 15.9 Å². The first-order valence-electron chi connectivity index (χ1n) is 7.08. The van der Waals surface area contributed by atoms with Gasteiger partial charge in [0.15, 0.2) is 0 Å². The van der Waals surface area contributed by atoms with Crippen molar-refractivity contribution in [3.63, 3.8) is 0 Å². The molecule has 0 aliphatic heterocycles. The van der Waals surface area contributed by atoms with Crippen molar-refractivity contribution in [3.8, 4) is 0 Å². The molecule has 25 heavy (non-hydrogen) atoms. The maximum Gasteiger partial charge on any atom is 0.353 e. The number of rotatable bonds is 5. The second-order valence-electron chi connectivity index (χ2n) is 4.91. The molecule has 0 bridgehead atoms. The lowest BCUT2D eigenvalue weighted by molar-refractivity contribution is -0.383. The highest BCUT2D eigenvalue weighted by molar-refractivity contribution is 6.33. The lowest BCUT2D eigenvalue weighted by Gasteiger charge is -2.11. The third-order valence-corrected chi connectivity index (χ3v) is 3.57. The van der Waals surface area contributed by atoms with Crippen LogP contribution in [0.2, 0.25) is 5.02 Å². The van der Waals surface area contributed by atoms with Gasteiger partial charge in [-0.3, -0.25) is 10.1 Å². The standard InChI is InChI=1S/C16H11ClFN5O2/c17-12-3-1-2-4-13(12)22-16-14(23(24)25)15(19-9-20-16)21-11-7-5-10(18)6-8-11/h1-9H,(H2,19,20,21,22). The van der Waals surface area contributed by atoms with Crippen molar-refractivity contribution in [2.75, 3.05) is 10.6 Å². The van der Waals surface area contributed by atoms with Crippen molar-refractivity contribution in [1.29, 1.82) is 0 Å². The molecule has 0 fully saturated rings. The third-order valence-electron chi connectivity index (χ3n) is 3.24. The number of hydrogen-bond donors (Lipinski definition) is 2. The average Bonchev–Trinajstić information content (AvgIpc) is 2.59. The smallest absolute Gasteiger partial charge is 0.334 e. The van der Waals surface area contributed by atoms with Crippen LogP contribution < -0.4 is 10.6 Å². The number of aromatic nitrogens is 2. The summed E-state index contributed by atoms with van der Waals surface area (Å²) >= 11 is 6.06. The Bertz CT molecular complexity index is 921. The summed E-state index contributed by atoms with van der Waals surface area (Å²) in [5.41, 5.74) is 0.567. The number of para-hydroxylation sites is 1. The molecule has 1 heterocycles. The SMILES string of the molecule is O=[N+]([O-])c1c(Nc2ccc(F)cc2)ncnc1Nc1ccccc1Cl. The number of nitrogens with one attached hydrogen (secondary N) is 2. The molecule has 0 amide bonds. The molecule has 0 radical (unpaired) electrons. The maximum atomic E-state index is 13.0. The Hall–Kier alpha value is -3.26. The van der Waals surface area contributed by atoms with Gasteiger partial charge in [0.2, 0.25) is 11.6 Å². The Labute approximate surface area is 146 Å². The highest BCUT2D eigenvalue weighted by Gasteiger charge is 2.23. The number of anilines is 4. The fourth-order valence-electron chi connectivity index (χ4n) is 2.09. The zero-order valence-corrected chi connectivity index (χ0v) is 13.4. The minimum absolute atomic E-state index is 0.0160. The summed E-state index contributed by atoms with van der Waals surface area (Å²) < 4.78 is 13.0. The molecule has 0 aliphatic carbocycles. The van der Waals surface area contributed by atoms with E-state index >= 15 is 0 Å². The minimum Gasteiger partial charge on any atom is -0.334 e. The predicted octanol–water partition coefficient (Wildman–Crippen LogP) is 4.66. The Morgan fingerprint density at radius 3 is 2.28 bits per heavy atom. The van der Waals surface area contributed by atoms with Gasteiger partial charge in [-0.15, -0.1) is 0 Å². The maximum absolute atomic E-state index is 13.0. The fourth-order valence-corrected chi connectivity index (χ4v) is 2.28. The molecule has 1 aromatic heterocycles. The molecule has 126 valence electrons. The first-order valence-corrected chi connectivity index (χ1v) is 7.46. The van der Waals surface area contributed by atoms with Gasteiger partial charge in [0.25, 0.3) is 0 Å². The van der Waals surface area contributed by atoms with E-state index in [1.165, 1.54) is 30.6 Å². The molecule has 0 spiro atoms. The van der Waals surface area contributed by atoms with E-state index in [4.69, 9.17) is 11.6 Å². The van der Waals surface area contributed by atoms with E-state index in [1.807, 2.05) is 0 Å². The molecule has 7 nitrogen and oxygen atoms in total. The number of halogens is 2. The van der Waals surface area contributed by atoms with Crippen molar-refractivity contribution in [1.82, 2.24) is 9.97 Å². The number of benzene rings is 2. The Balaban J connectivity index is 1.98. The summed E-state index contributed by atoms with van der Waals surface area (Å²) in [4.78, 5) is 18.8. The summed E-state index contributed by atoms with van der Waals surface area (Å²) in [5, 5.41) is 17.5. The van der Waals surface area contributed by atoms with Gasteiger partial charge in [0.1, 0.15) is 12.1 Å². The van der Waals surface area contributed by atoms with E-state index in [9.17, 15) is 14.5 Å². The minimum atomic E-state index is -0.606. The van der Waals surface area contributed by atoms with Gasteiger partial charge in [-0.05, 0) is 36.4 Å². The summed E-state index contributed by atoms with van der Waals surface area (Å²) in [6.07, 6.45) is 1.18. The Kier molecular flexibility index (Phi) is 4.71. The van der Waals surface area contributed by atoms with Gasteiger partial charge < -0.3 is 10.6 Å². The van der Waals surface area contributed by atoms with Crippen molar-refractivity contribution in [3.05, 3.63) is 75.8 Å². The molecule has 3 aromatic rings. The molecule has 0 aliphatic rings. The van der Waals surface area contributed by atoms with E-state index in [-0.39, 0.29) is 17.3 Å². The average molecular weight is 360 g/mol. The van der Waals surface area contributed by atoms with Gasteiger partial charge in [-0.25, -0.2) is 14.4 Å². The number of nitrogens with zero attached hydrogens (tertiary/aromatic N) is 3. The highest BCUT2D eigenvalue weighted by Crippen LogP contribution is 2.34. The van der Waals surface area contributed by atoms with Crippen LogP contribution in [-0.4, -0.2) is 14.9 Å². The van der Waals surface area contributed by atoms with Crippen LogP contribution in [-0.2, 0) is 0 Å². The highest BCUT2D eigenvalue weighted by atomic mass is 35.5. The molecule has 2 aromatic carbocycles. The molecule has 2 N–H and O–H groups in total. The first-order chi connectivity index (χ1) is 12.0. The molecule has 3 rings (SSSR count). The topological polar surface area (TPSA) is 93.0 Å². The number of nitro groups is 1. The Morgan fingerprint density at radius 2 is 1.64 bits per heavy atom. The summed E-state index contributed by atoms with van der Waals surface area (Å²) in [6.45, 7) is 0. The van der Waals surface area contributed by atoms with Crippen molar-refractivity contribution < 1.29 is 9.31 Å². The second-order valence-corrected chi connectivity index (χ2v) is 5.32. The molecular weight excluding hydrogens is 349 g/mol. The van der Waals surface area contributed by atoms with Crippen LogP contribution in [0.4, 0.5) is 33.1 Å². The van der Waals surface area contributed by atoms with Crippen LogP contribution in [0.3, 0.4) is 0 Å². The van der Waals surface area contributed by atoms with E-state index < -0.39 is 10.7 Å². The van der Waals surface area contributed by atoms with Gasteiger partial charge >= 0.3 is 5.69 Å². The summed E-state index contributed by atoms with van der Waals surface area (Å²) in [7, 11) is 0. The summed E-state index contributed by atoms with van der Waals surface area (Å²) in [5.74, 6) is -0.456. The predicted molar refractivity (Wildman–Crippen MR) is 93.1 cm³/mol. The fraction of sp³-hybridized carbons (Fsp3) is 0. The van der Waals surface area contributed by atoms with Crippen molar-refractivity contribution in [2.24, 2.45) is 0 Å². The van der Waals surface area contributed by atoms with Crippen LogP contribution in [0.25, 0.3) is 0 Å². The summed E-state index contributed by atoms with van der Waals surface area (Å²) in [6, 6.07) is 12.2. The monoisotopic (exact) mass is 359 g/mol. The van der Waals surface area contributed by atoms with Crippen LogP contribution in [0.15, 0.2) is 54.9 Å². The van der Waals surface area contributed by atoms with Gasteiger partial charge in [0.05, 0.1) is 15.6 Å². The van der Waals surface area contributed by atoms with E-state index in [2.05, 4.69) is 20.6 Å². The van der Waals surface area contributed by atoms with Gasteiger partial charge in [-0.1, -0.05) is 23.7 Å². The van der Waals surface area contributed by atoms with Crippen molar-refractivity contribution in [2.45, 2.75) is 0 Å². The van der Waals surface area contributed by atoms with Crippen LogP contribution in [0.1, 0.15) is 0 Å². The molecular formula is C16H11ClFN5O2. The normalized spacial score (nSPS) is 10.3. The zero-order valence-electron chi connectivity index (χ0n) is 12.6. The van der Waals surface area contributed by atoms with Gasteiger partial charge in [-0.2, -0.15) is 0 Å². The van der Waals surface area contributed by atoms with E-state index in [0.717, 1.165) is 0 Å². The quantitative estimate of drug-likeness (QED) is 0.508. The first kappa shape index (κ1) is 16.6. The zero-order chi connectivity index (χ0) is 17.8. The van der Waals surface area contributed by atoms with Crippen LogP contribution in [0.5, 0.6) is 0 Å². The third kappa shape index (κ3) is 3.81. The molecule has 0 unspecified atom stereocenters. The lowest BCUT2D eigenvalue weighted by Crippen LogP contribution is -2.05. The largest absolute Gasteiger partial charge is 0.353 e. The molecule has 0 atom stereocenters. The lowest BCUT2D eigenvalue weighted by atomic mass is 10.3. The molecule has 0 saturated heterocycles. The second kappa shape index (κ2) is 7.10. The molecule has 9 heteroatoms. The molecule has 0 saturated carbocycles. The van der Waals surface area contributed by atoms with Crippen LogP contribution >= 0.6 is 11.6 Å². The Morgan fingerprint density at radius 1 is 1.00 bits per heavy atom. The van der Waals surface area contributed by atoms with Gasteiger partial charge in [0, 0.05) is 5.69 Å².